The smallest absolute Gasteiger partial charge is 0.246 e. The number of anilines is 1. The maximum Gasteiger partial charge on any atom is 0.246 e. The van der Waals surface area contributed by atoms with Crippen LogP contribution in [0.15, 0.2) is 46.7 Å². The predicted octanol–water partition coefficient (Wildman–Crippen LogP) is 4.44. The molecule has 1 aromatic carbocycles. The van der Waals surface area contributed by atoms with Crippen molar-refractivity contribution in [3.63, 3.8) is 0 Å². The van der Waals surface area contributed by atoms with E-state index < -0.39 is 0 Å². The fraction of sp³-hybridized carbons (Fsp3) is 0.263. The molecule has 0 aliphatic carbocycles. The van der Waals surface area contributed by atoms with Gasteiger partial charge < -0.3 is 9.80 Å². The van der Waals surface area contributed by atoms with E-state index in [-0.39, 0.29) is 5.91 Å². The van der Waals surface area contributed by atoms with Gasteiger partial charge in [0.05, 0.1) is 10.2 Å². The third-order valence-corrected chi connectivity index (χ3v) is 7.07. The van der Waals surface area contributed by atoms with Crippen LogP contribution in [-0.4, -0.2) is 48.2 Å². The quantitative estimate of drug-likeness (QED) is 0.478. The van der Waals surface area contributed by atoms with Crippen LogP contribution in [0.4, 0.5) is 5.13 Å². The molecule has 0 atom stereocenters. The molecule has 0 bridgehead atoms. The number of aromatic nitrogens is 1. The molecule has 1 saturated heterocycles. The number of nitrogens with zero attached hydrogens (tertiary/aromatic N) is 3. The van der Waals surface area contributed by atoms with Gasteiger partial charge in [0, 0.05) is 42.0 Å². The molecule has 3 heterocycles. The first-order chi connectivity index (χ1) is 12.7. The fourth-order valence-corrected chi connectivity index (χ4v) is 5.26. The van der Waals surface area contributed by atoms with Crippen molar-refractivity contribution in [1.82, 2.24) is 9.88 Å². The first kappa shape index (κ1) is 17.6. The number of hydrogen-bond donors (Lipinski definition) is 0. The third-order valence-electron chi connectivity index (χ3n) is 4.39. The van der Waals surface area contributed by atoms with Gasteiger partial charge in [-0.2, -0.15) is 0 Å². The molecule has 3 aromatic rings. The first-order valence-electron chi connectivity index (χ1n) is 8.43. The molecule has 2 aromatic heterocycles. The molecule has 4 rings (SSSR count). The molecular weight excluding hydrogens is 382 g/mol. The average molecular weight is 402 g/mol. The highest BCUT2D eigenvalue weighted by molar-refractivity contribution is 7.98. The zero-order valence-corrected chi connectivity index (χ0v) is 16.9. The van der Waals surface area contributed by atoms with Crippen molar-refractivity contribution in [2.45, 2.75) is 4.90 Å². The van der Waals surface area contributed by atoms with Gasteiger partial charge in [-0.05, 0) is 35.9 Å². The molecule has 0 saturated carbocycles. The molecular formula is C19H19N3OS3. The number of rotatable bonds is 4. The number of thiazole rings is 1. The lowest BCUT2D eigenvalue weighted by atomic mass is 10.3. The van der Waals surface area contributed by atoms with E-state index in [1.54, 1.807) is 40.5 Å². The Labute approximate surface area is 165 Å². The summed E-state index contributed by atoms with van der Waals surface area (Å²) in [5.74, 6) is 0.0898. The van der Waals surface area contributed by atoms with E-state index in [0.29, 0.717) is 0 Å². The summed E-state index contributed by atoms with van der Waals surface area (Å²) in [6.07, 6.45) is 5.67. The Hall–Kier alpha value is -1.83. The van der Waals surface area contributed by atoms with Crippen LogP contribution in [0.2, 0.25) is 0 Å². The molecule has 26 heavy (non-hydrogen) atoms. The number of piperazine rings is 1. The van der Waals surface area contributed by atoms with Crippen molar-refractivity contribution < 1.29 is 4.79 Å². The molecule has 0 N–H and O–H groups in total. The molecule has 0 unspecified atom stereocenters. The van der Waals surface area contributed by atoms with Crippen LogP contribution in [0.25, 0.3) is 16.3 Å². The van der Waals surface area contributed by atoms with Gasteiger partial charge in [0.15, 0.2) is 5.13 Å². The molecule has 0 radical (unpaired) electrons. The van der Waals surface area contributed by atoms with E-state index in [9.17, 15) is 4.79 Å². The van der Waals surface area contributed by atoms with Crippen LogP contribution in [-0.2, 0) is 4.79 Å². The summed E-state index contributed by atoms with van der Waals surface area (Å²) in [6.45, 7) is 3.12. The molecule has 1 aliphatic rings. The predicted molar refractivity (Wildman–Crippen MR) is 114 cm³/mol. The highest BCUT2D eigenvalue weighted by Gasteiger charge is 2.22. The summed E-state index contributed by atoms with van der Waals surface area (Å²) in [4.78, 5) is 23.8. The second-order valence-electron chi connectivity index (χ2n) is 5.96. The van der Waals surface area contributed by atoms with Crippen LogP contribution in [0.3, 0.4) is 0 Å². The van der Waals surface area contributed by atoms with Gasteiger partial charge in [-0.25, -0.2) is 4.98 Å². The van der Waals surface area contributed by atoms with E-state index >= 15 is 0 Å². The number of thiophene rings is 1. The van der Waals surface area contributed by atoms with Gasteiger partial charge in [0.1, 0.15) is 0 Å². The minimum atomic E-state index is 0.0898. The van der Waals surface area contributed by atoms with Gasteiger partial charge in [-0.15, -0.1) is 23.1 Å². The lowest BCUT2D eigenvalue weighted by Gasteiger charge is -2.34. The number of fused-ring (bicyclic) bond motifs is 1. The monoisotopic (exact) mass is 401 g/mol. The summed E-state index contributed by atoms with van der Waals surface area (Å²) < 4.78 is 1.23. The second kappa shape index (κ2) is 7.82. The van der Waals surface area contributed by atoms with E-state index in [4.69, 9.17) is 4.98 Å². The van der Waals surface area contributed by atoms with E-state index in [0.717, 1.165) is 41.7 Å². The average Bonchev–Trinajstić information content (AvgIpc) is 3.35. The van der Waals surface area contributed by atoms with Crippen molar-refractivity contribution in [3.05, 3.63) is 46.7 Å². The molecule has 1 aliphatic heterocycles. The number of amides is 1. The second-order valence-corrected chi connectivity index (χ2v) is 8.80. The first-order valence-corrected chi connectivity index (χ1v) is 11.4. The lowest BCUT2D eigenvalue weighted by molar-refractivity contribution is -0.126. The number of para-hydroxylation sites is 1. The molecule has 0 spiro atoms. The zero-order chi connectivity index (χ0) is 17.9. The maximum absolute atomic E-state index is 12.4. The van der Waals surface area contributed by atoms with E-state index in [1.165, 1.54) is 9.60 Å². The number of hydrogen-bond acceptors (Lipinski definition) is 6. The standard InChI is InChI=1S/C19H19N3OS3/c1-24-15-5-2-6-16-18(15)20-19(26-16)22-11-9-21(10-12-22)17(23)8-7-14-4-3-13-25-14/h2-8,13H,9-12H2,1H3/b8-7+. The highest BCUT2D eigenvalue weighted by Crippen LogP contribution is 2.34. The van der Waals surface area contributed by atoms with Crippen LogP contribution in [0.5, 0.6) is 0 Å². The largest absolute Gasteiger partial charge is 0.345 e. The van der Waals surface area contributed by atoms with Crippen LogP contribution in [0.1, 0.15) is 4.88 Å². The molecule has 1 fully saturated rings. The van der Waals surface area contributed by atoms with Crippen molar-refractivity contribution in [2.75, 3.05) is 37.3 Å². The SMILES string of the molecule is CSc1cccc2sc(N3CCN(C(=O)/C=C/c4cccs4)CC3)nc12. The van der Waals surface area contributed by atoms with E-state index in [1.807, 2.05) is 28.5 Å². The Morgan fingerprint density at radius 2 is 2.04 bits per heavy atom. The summed E-state index contributed by atoms with van der Waals surface area (Å²) in [6, 6.07) is 10.3. The van der Waals surface area contributed by atoms with Crippen molar-refractivity contribution in [1.29, 1.82) is 0 Å². The van der Waals surface area contributed by atoms with Crippen molar-refractivity contribution in [2.24, 2.45) is 0 Å². The summed E-state index contributed by atoms with van der Waals surface area (Å²) >= 11 is 5.11. The van der Waals surface area contributed by atoms with Crippen LogP contribution < -0.4 is 4.90 Å². The number of carbonyl (C=O) groups is 1. The Morgan fingerprint density at radius 3 is 2.77 bits per heavy atom. The molecule has 1 amide bonds. The Morgan fingerprint density at radius 1 is 1.19 bits per heavy atom. The third kappa shape index (κ3) is 3.65. The molecule has 7 heteroatoms. The zero-order valence-electron chi connectivity index (χ0n) is 14.4. The van der Waals surface area contributed by atoms with Gasteiger partial charge in [0.25, 0.3) is 0 Å². The normalized spacial score (nSPS) is 15.3. The summed E-state index contributed by atoms with van der Waals surface area (Å²) in [5.41, 5.74) is 1.09. The van der Waals surface area contributed by atoms with E-state index in [2.05, 4.69) is 29.4 Å². The van der Waals surface area contributed by atoms with Crippen LogP contribution >= 0.6 is 34.4 Å². The fourth-order valence-electron chi connectivity index (χ4n) is 2.97. The topological polar surface area (TPSA) is 36.4 Å². The van der Waals surface area contributed by atoms with Gasteiger partial charge in [-0.1, -0.05) is 23.5 Å². The van der Waals surface area contributed by atoms with Crippen LogP contribution in [0, 0.1) is 0 Å². The highest BCUT2D eigenvalue weighted by atomic mass is 32.2. The number of benzene rings is 1. The summed E-state index contributed by atoms with van der Waals surface area (Å²) in [5, 5.41) is 3.08. The Kier molecular flexibility index (Phi) is 5.28. The van der Waals surface area contributed by atoms with Crippen molar-refractivity contribution in [3.8, 4) is 0 Å². The Balaban J connectivity index is 1.41. The van der Waals surface area contributed by atoms with Gasteiger partial charge in [0.2, 0.25) is 5.91 Å². The minimum absolute atomic E-state index is 0.0898. The van der Waals surface area contributed by atoms with Crippen molar-refractivity contribution >= 4 is 61.8 Å². The molecule has 4 nitrogen and oxygen atoms in total. The molecule has 134 valence electrons. The Bertz CT molecular complexity index is 925. The number of thioether (sulfide) groups is 1. The minimum Gasteiger partial charge on any atom is -0.345 e. The maximum atomic E-state index is 12.4. The van der Waals surface area contributed by atoms with Gasteiger partial charge >= 0.3 is 0 Å². The summed E-state index contributed by atoms with van der Waals surface area (Å²) in [7, 11) is 0. The van der Waals surface area contributed by atoms with Gasteiger partial charge in [-0.3, -0.25) is 4.79 Å². The lowest BCUT2D eigenvalue weighted by Crippen LogP contribution is -2.48. The number of carbonyl (C=O) groups excluding carboxylic acids is 1.